The van der Waals surface area contributed by atoms with Gasteiger partial charge in [-0.25, -0.2) is 4.39 Å². The molecule has 0 fully saturated rings. The number of hydrogen-bond donors (Lipinski definition) is 1. The second kappa shape index (κ2) is 12.4. The first-order valence-corrected chi connectivity index (χ1v) is 13.2. The smallest absolute Gasteiger partial charge is 0.306 e. The number of benzene rings is 4. The molecule has 0 saturated carbocycles. The van der Waals surface area contributed by atoms with Gasteiger partial charge in [-0.15, -0.1) is 0 Å². The highest BCUT2D eigenvalue weighted by Gasteiger charge is 2.13. The largest absolute Gasteiger partial charge is 0.463 e. The van der Waals surface area contributed by atoms with E-state index in [-0.39, 0.29) is 30.4 Å². The van der Waals surface area contributed by atoms with Crippen LogP contribution in [0.25, 0.3) is 21.9 Å². The quantitative estimate of drug-likeness (QED) is 0.216. The van der Waals surface area contributed by atoms with E-state index in [1.165, 1.54) is 11.6 Å². The number of carbonyl (C=O) groups excluding carboxylic acids is 1. The standard InChI is InChI=1S/C32H33ClFNO2/c1-21(2)37-32(36)14-12-27-19-26(11-13-31(27)34)30-18-23(17-25-7-4-5-10-29(25)30)15-16-35-22(3)24-8-6-9-28(33)20-24/h4-11,13,17-22,35H,12,14-16H2,1-3H3/t22-/m1/s1. The summed E-state index contributed by atoms with van der Waals surface area (Å²) in [6.45, 7) is 6.56. The molecule has 0 aliphatic rings. The van der Waals surface area contributed by atoms with Crippen molar-refractivity contribution in [3.8, 4) is 11.1 Å². The summed E-state index contributed by atoms with van der Waals surface area (Å²) in [6.07, 6.45) is 1.11. The van der Waals surface area contributed by atoms with E-state index in [1.54, 1.807) is 0 Å². The predicted octanol–water partition coefficient (Wildman–Crippen LogP) is 8.08. The third kappa shape index (κ3) is 7.18. The van der Waals surface area contributed by atoms with Crippen LogP contribution in [0.3, 0.4) is 0 Å². The van der Waals surface area contributed by atoms with Crippen molar-refractivity contribution in [2.45, 2.75) is 52.2 Å². The van der Waals surface area contributed by atoms with Gasteiger partial charge in [0, 0.05) is 17.5 Å². The van der Waals surface area contributed by atoms with Gasteiger partial charge in [0.05, 0.1) is 6.10 Å². The first kappa shape index (κ1) is 26.8. The summed E-state index contributed by atoms with van der Waals surface area (Å²) in [4.78, 5) is 12.0. The Hall–Kier alpha value is -3.21. The van der Waals surface area contributed by atoms with Crippen LogP contribution < -0.4 is 5.32 Å². The Morgan fingerprint density at radius 1 is 0.946 bits per heavy atom. The van der Waals surface area contributed by atoms with E-state index in [0.29, 0.717) is 12.0 Å². The molecule has 1 atom stereocenters. The number of carbonyl (C=O) groups is 1. The maximum absolute atomic E-state index is 14.6. The van der Waals surface area contributed by atoms with Crippen LogP contribution in [-0.4, -0.2) is 18.6 Å². The Morgan fingerprint density at radius 2 is 1.76 bits per heavy atom. The summed E-state index contributed by atoms with van der Waals surface area (Å²) >= 11 is 6.15. The van der Waals surface area contributed by atoms with E-state index in [0.717, 1.165) is 45.5 Å². The number of rotatable bonds is 10. The highest BCUT2D eigenvalue weighted by atomic mass is 35.5. The SMILES string of the molecule is CC(C)OC(=O)CCc1cc(-c2cc(CCN[C@H](C)c3cccc(Cl)c3)cc3ccccc23)ccc1F. The van der Waals surface area contributed by atoms with Crippen LogP contribution in [0.5, 0.6) is 0 Å². The van der Waals surface area contributed by atoms with Crippen molar-refractivity contribution in [1.82, 2.24) is 5.32 Å². The summed E-state index contributed by atoms with van der Waals surface area (Å²) in [5.74, 6) is -0.618. The Kier molecular flexibility index (Phi) is 8.96. The monoisotopic (exact) mass is 517 g/mol. The molecule has 5 heteroatoms. The van der Waals surface area contributed by atoms with Crippen molar-refractivity contribution in [2.75, 3.05) is 6.54 Å². The van der Waals surface area contributed by atoms with Gasteiger partial charge in [0.15, 0.2) is 0 Å². The zero-order valence-corrected chi connectivity index (χ0v) is 22.3. The Labute approximate surface area is 223 Å². The van der Waals surface area contributed by atoms with E-state index in [4.69, 9.17) is 16.3 Å². The van der Waals surface area contributed by atoms with Gasteiger partial charge in [-0.2, -0.15) is 0 Å². The third-order valence-corrected chi connectivity index (χ3v) is 6.69. The molecule has 0 amide bonds. The molecule has 192 valence electrons. The van der Waals surface area contributed by atoms with E-state index in [1.807, 2.05) is 56.3 Å². The van der Waals surface area contributed by atoms with E-state index in [2.05, 4.69) is 42.6 Å². The van der Waals surface area contributed by atoms with Gasteiger partial charge in [0.2, 0.25) is 0 Å². The molecule has 0 spiro atoms. The summed E-state index contributed by atoms with van der Waals surface area (Å²) < 4.78 is 19.8. The van der Waals surface area contributed by atoms with E-state index < -0.39 is 0 Å². The molecule has 0 heterocycles. The average molecular weight is 518 g/mol. The Balaban J connectivity index is 1.55. The zero-order chi connectivity index (χ0) is 26.4. The molecule has 37 heavy (non-hydrogen) atoms. The lowest BCUT2D eigenvalue weighted by molar-refractivity contribution is -0.147. The van der Waals surface area contributed by atoms with Gasteiger partial charge in [-0.3, -0.25) is 4.79 Å². The minimum absolute atomic E-state index is 0.149. The fraction of sp³-hybridized carbons (Fsp3) is 0.281. The van der Waals surface area contributed by atoms with Gasteiger partial charge in [-0.1, -0.05) is 66.2 Å². The minimum atomic E-state index is -0.313. The van der Waals surface area contributed by atoms with Crippen LogP contribution >= 0.6 is 11.6 Å². The number of ether oxygens (including phenoxy) is 1. The number of esters is 1. The van der Waals surface area contributed by atoms with Gasteiger partial charge >= 0.3 is 5.97 Å². The number of hydrogen-bond acceptors (Lipinski definition) is 3. The van der Waals surface area contributed by atoms with Gasteiger partial charge in [0.25, 0.3) is 0 Å². The maximum Gasteiger partial charge on any atom is 0.306 e. The minimum Gasteiger partial charge on any atom is -0.463 e. The molecule has 4 aromatic rings. The van der Waals surface area contributed by atoms with E-state index >= 15 is 0 Å². The Morgan fingerprint density at radius 3 is 2.54 bits per heavy atom. The van der Waals surface area contributed by atoms with Crippen LogP contribution in [0.15, 0.2) is 78.9 Å². The number of aryl methyl sites for hydroxylation is 1. The van der Waals surface area contributed by atoms with Crippen molar-refractivity contribution in [3.63, 3.8) is 0 Å². The highest BCUT2D eigenvalue weighted by molar-refractivity contribution is 6.30. The summed E-state index contributed by atoms with van der Waals surface area (Å²) in [6, 6.07) is 25.9. The molecule has 0 radical (unpaired) electrons. The summed E-state index contributed by atoms with van der Waals surface area (Å²) in [5, 5.41) is 6.58. The van der Waals surface area contributed by atoms with Crippen LogP contribution in [0, 0.1) is 5.82 Å². The molecule has 0 bridgehead atoms. The maximum atomic E-state index is 14.6. The van der Waals surface area contributed by atoms with E-state index in [9.17, 15) is 9.18 Å². The van der Waals surface area contributed by atoms with Crippen molar-refractivity contribution in [1.29, 1.82) is 0 Å². The molecular formula is C32H33ClFNO2. The first-order chi connectivity index (χ1) is 17.8. The number of halogens is 2. The second-order valence-electron chi connectivity index (χ2n) is 9.69. The topological polar surface area (TPSA) is 38.3 Å². The number of nitrogens with one attached hydrogen (secondary N) is 1. The summed E-state index contributed by atoms with van der Waals surface area (Å²) in [5.41, 5.74) is 4.87. The summed E-state index contributed by atoms with van der Waals surface area (Å²) in [7, 11) is 0. The van der Waals surface area contributed by atoms with Crippen LogP contribution in [0.2, 0.25) is 5.02 Å². The molecule has 0 saturated heterocycles. The average Bonchev–Trinajstić information content (AvgIpc) is 2.87. The second-order valence-corrected chi connectivity index (χ2v) is 10.1. The molecular weight excluding hydrogens is 485 g/mol. The lowest BCUT2D eigenvalue weighted by Crippen LogP contribution is -2.21. The third-order valence-electron chi connectivity index (χ3n) is 6.46. The van der Waals surface area contributed by atoms with Crippen molar-refractivity contribution >= 4 is 28.3 Å². The molecule has 4 rings (SSSR count). The zero-order valence-electron chi connectivity index (χ0n) is 21.6. The lowest BCUT2D eigenvalue weighted by Gasteiger charge is -2.16. The van der Waals surface area contributed by atoms with Gasteiger partial charge < -0.3 is 10.1 Å². The molecule has 3 nitrogen and oxygen atoms in total. The predicted molar refractivity (Wildman–Crippen MR) is 150 cm³/mol. The molecule has 0 aliphatic heterocycles. The van der Waals surface area contributed by atoms with Crippen LogP contribution in [0.1, 0.15) is 49.9 Å². The van der Waals surface area contributed by atoms with Crippen molar-refractivity contribution in [2.24, 2.45) is 0 Å². The fourth-order valence-electron chi connectivity index (χ4n) is 4.58. The molecule has 1 N–H and O–H groups in total. The Bertz CT molecular complexity index is 1380. The molecule has 0 unspecified atom stereocenters. The fourth-order valence-corrected chi connectivity index (χ4v) is 4.77. The normalized spacial score (nSPS) is 12.2. The van der Waals surface area contributed by atoms with Crippen molar-refractivity contribution < 1.29 is 13.9 Å². The van der Waals surface area contributed by atoms with Gasteiger partial charge in [-0.05, 0) is 103 Å². The number of fused-ring (bicyclic) bond motifs is 1. The van der Waals surface area contributed by atoms with Crippen molar-refractivity contribution in [3.05, 3.63) is 106 Å². The first-order valence-electron chi connectivity index (χ1n) is 12.8. The molecule has 0 aromatic heterocycles. The lowest BCUT2D eigenvalue weighted by atomic mass is 9.93. The molecule has 0 aliphatic carbocycles. The van der Waals surface area contributed by atoms with Gasteiger partial charge in [0.1, 0.15) is 5.82 Å². The highest BCUT2D eigenvalue weighted by Crippen LogP contribution is 2.32. The van der Waals surface area contributed by atoms with Crippen LogP contribution in [0.4, 0.5) is 4.39 Å². The van der Waals surface area contributed by atoms with Crippen LogP contribution in [-0.2, 0) is 22.4 Å². The molecule has 4 aromatic carbocycles.